The highest BCUT2D eigenvalue weighted by atomic mass is 16.2. The quantitative estimate of drug-likeness (QED) is 0.774. The van der Waals surface area contributed by atoms with E-state index in [1.807, 2.05) is 0 Å². The van der Waals surface area contributed by atoms with Crippen LogP contribution in [0.1, 0.15) is 54.3 Å². The molecule has 1 heterocycles. The summed E-state index contributed by atoms with van der Waals surface area (Å²) >= 11 is 0. The van der Waals surface area contributed by atoms with Crippen LogP contribution in [0.4, 0.5) is 0 Å². The summed E-state index contributed by atoms with van der Waals surface area (Å²) in [4.78, 5) is 24.3. The van der Waals surface area contributed by atoms with Crippen LogP contribution in [-0.2, 0) is 0 Å². The van der Waals surface area contributed by atoms with Crippen LogP contribution >= 0.6 is 0 Å². The van der Waals surface area contributed by atoms with Gasteiger partial charge in [-0.15, -0.1) is 0 Å². The maximum absolute atomic E-state index is 12.2. The van der Waals surface area contributed by atoms with Crippen molar-refractivity contribution in [3.63, 3.8) is 0 Å². The zero-order chi connectivity index (χ0) is 17.6. The fourth-order valence-corrected chi connectivity index (χ4v) is 2.66. The molecule has 0 aliphatic carbocycles. The second kappa shape index (κ2) is 8.29. The number of nitrogens with one attached hydrogen (secondary N) is 3. The summed E-state index contributed by atoms with van der Waals surface area (Å²) in [5, 5.41) is 9.24. The van der Waals surface area contributed by atoms with E-state index in [1.54, 1.807) is 24.3 Å². The lowest BCUT2D eigenvalue weighted by Gasteiger charge is -2.22. The molecule has 1 fully saturated rings. The molecule has 1 atom stereocenters. The molecule has 3 N–H and O–H groups in total. The van der Waals surface area contributed by atoms with Gasteiger partial charge in [0.1, 0.15) is 0 Å². The molecule has 5 heteroatoms. The van der Waals surface area contributed by atoms with Crippen LogP contribution in [-0.4, -0.2) is 38.0 Å². The third-order valence-electron chi connectivity index (χ3n) is 4.14. The Labute approximate surface area is 144 Å². The minimum atomic E-state index is -0.106. The van der Waals surface area contributed by atoms with Gasteiger partial charge in [0, 0.05) is 24.2 Å². The van der Waals surface area contributed by atoms with Gasteiger partial charge in [-0.3, -0.25) is 9.59 Å². The maximum atomic E-state index is 12.2. The molecule has 24 heavy (non-hydrogen) atoms. The number of hydrogen-bond donors (Lipinski definition) is 3. The summed E-state index contributed by atoms with van der Waals surface area (Å²) in [7, 11) is 0. The van der Waals surface area contributed by atoms with Gasteiger partial charge in [0.25, 0.3) is 11.8 Å². The zero-order valence-electron chi connectivity index (χ0n) is 14.9. The van der Waals surface area contributed by atoms with Crippen LogP contribution in [0.3, 0.4) is 0 Å². The molecule has 1 aliphatic heterocycles. The Balaban J connectivity index is 1.84. The van der Waals surface area contributed by atoms with Crippen LogP contribution in [0.2, 0.25) is 0 Å². The van der Waals surface area contributed by atoms with Gasteiger partial charge >= 0.3 is 0 Å². The van der Waals surface area contributed by atoms with Crippen molar-refractivity contribution in [2.75, 3.05) is 26.2 Å². The molecule has 2 rings (SSSR count). The number of amides is 2. The van der Waals surface area contributed by atoms with Crippen LogP contribution < -0.4 is 16.0 Å². The van der Waals surface area contributed by atoms with Gasteiger partial charge in [-0.05, 0) is 61.5 Å². The first-order chi connectivity index (χ1) is 11.3. The molecule has 0 aromatic heterocycles. The van der Waals surface area contributed by atoms with E-state index in [9.17, 15) is 9.59 Å². The Kier molecular flexibility index (Phi) is 6.37. The summed E-state index contributed by atoms with van der Waals surface area (Å²) in [5.74, 6) is 0.317. The summed E-state index contributed by atoms with van der Waals surface area (Å²) in [5.41, 5.74) is 1.21. The lowest BCUT2D eigenvalue weighted by atomic mass is 9.97. The fraction of sp³-hybridized carbons (Fsp3) is 0.579. The standard InChI is InChI=1S/C19H29N3O2/c1-19(2,3)13-22-18(24)16-8-6-15(7-9-16)17(23)21-12-14-5-4-10-20-11-14/h6-9,14,20H,4-5,10-13H2,1-3H3,(H,21,23)(H,22,24). The number of rotatable bonds is 5. The first-order valence-corrected chi connectivity index (χ1v) is 8.72. The Morgan fingerprint density at radius 2 is 1.67 bits per heavy atom. The zero-order valence-corrected chi connectivity index (χ0v) is 14.9. The van der Waals surface area contributed by atoms with Crippen molar-refractivity contribution in [1.82, 2.24) is 16.0 Å². The maximum Gasteiger partial charge on any atom is 0.251 e. The topological polar surface area (TPSA) is 70.2 Å². The Morgan fingerprint density at radius 1 is 1.08 bits per heavy atom. The Morgan fingerprint density at radius 3 is 2.17 bits per heavy atom. The number of carbonyl (C=O) groups excluding carboxylic acids is 2. The largest absolute Gasteiger partial charge is 0.352 e. The summed E-state index contributed by atoms with van der Waals surface area (Å²) in [6.45, 7) is 9.56. The van der Waals surface area contributed by atoms with Crippen molar-refractivity contribution in [1.29, 1.82) is 0 Å². The van der Waals surface area contributed by atoms with Gasteiger partial charge in [-0.1, -0.05) is 20.8 Å². The van der Waals surface area contributed by atoms with Crippen molar-refractivity contribution in [2.45, 2.75) is 33.6 Å². The number of benzene rings is 1. The minimum Gasteiger partial charge on any atom is -0.352 e. The second-order valence-electron chi connectivity index (χ2n) is 7.74. The van der Waals surface area contributed by atoms with Crippen molar-refractivity contribution < 1.29 is 9.59 Å². The highest BCUT2D eigenvalue weighted by Crippen LogP contribution is 2.12. The first-order valence-electron chi connectivity index (χ1n) is 8.72. The lowest BCUT2D eigenvalue weighted by molar-refractivity contribution is 0.0930. The van der Waals surface area contributed by atoms with E-state index in [4.69, 9.17) is 0 Å². The van der Waals surface area contributed by atoms with E-state index in [2.05, 4.69) is 36.7 Å². The predicted molar refractivity (Wildman–Crippen MR) is 96.2 cm³/mol. The third-order valence-corrected chi connectivity index (χ3v) is 4.14. The molecule has 1 saturated heterocycles. The summed E-state index contributed by atoms with van der Waals surface area (Å²) in [6, 6.07) is 6.82. The van der Waals surface area contributed by atoms with Gasteiger partial charge < -0.3 is 16.0 Å². The molecular weight excluding hydrogens is 302 g/mol. The number of hydrogen-bond acceptors (Lipinski definition) is 3. The first kappa shape index (κ1) is 18.5. The van der Waals surface area contributed by atoms with Crippen LogP contribution in [0.25, 0.3) is 0 Å². The van der Waals surface area contributed by atoms with E-state index in [-0.39, 0.29) is 17.2 Å². The lowest BCUT2D eigenvalue weighted by Crippen LogP contribution is -2.38. The highest BCUT2D eigenvalue weighted by Gasteiger charge is 2.16. The third kappa shape index (κ3) is 5.96. The Hall–Kier alpha value is -1.88. The van der Waals surface area contributed by atoms with Crippen molar-refractivity contribution in [3.8, 4) is 0 Å². The van der Waals surface area contributed by atoms with Gasteiger partial charge in [0.05, 0.1) is 0 Å². The molecule has 0 saturated carbocycles. The van der Waals surface area contributed by atoms with Gasteiger partial charge in [0.2, 0.25) is 0 Å². The molecule has 0 spiro atoms. The van der Waals surface area contributed by atoms with E-state index >= 15 is 0 Å². The van der Waals surface area contributed by atoms with E-state index in [0.29, 0.717) is 30.1 Å². The SMILES string of the molecule is CC(C)(C)CNC(=O)c1ccc(C(=O)NCC2CCCNC2)cc1. The number of carbonyl (C=O) groups is 2. The molecule has 0 bridgehead atoms. The molecule has 132 valence electrons. The molecule has 1 aliphatic rings. The second-order valence-corrected chi connectivity index (χ2v) is 7.74. The molecule has 5 nitrogen and oxygen atoms in total. The van der Waals surface area contributed by atoms with E-state index < -0.39 is 0 Å². The van der Waals surface area contributed by atoms with E-state index in [1.165, 1.54) is 6.42 Å². The molecule has 1 aromatic carbocycles. The van der Waals surface area contributed by atoms with Gasteiger partial charge in [-0.25, -0.2) is 0 Å². The van der Waals surface area contributed by atoms with Crippen LogP contribution in [0.15, 0.2) is 24.3 Å². The molecule has 1 aromatic rings. The smallest absolute Gasteiger partial charge is 0.251 e. The van der Waals surface area contributed by atoms with Crippen LogP contribution in [0, 0.1) is 11.3 Å². The number of piperidine rings is 1. The predicted octanol–water partition coefficient (Wildman–Crippen LogP) is 2.19. The fourth-order valence-electron chi connectivity index (χ4n) is 2.66. The summed E-state index contributed by atoms with van der Waals surface area (Å²) in [6.07, 6.45) is 2.32. The average Bonchev–Trinajstić information content (AvgIpc) is 2.58. The summed E-state index contributed by atoms with van der Waals surface area (Å²) < 4.78 is 0. The van der Waals surface area contributed by atoms with Crippen LogP contribution in [0.5, 0.6) is 0 Å². The van der Waals surface area contributed by atoms with Crippen molar-refractivity contribution in [3.05, 3.63) is 35.4 Å². The van der Waals surface area contributed by atoms with E-state index in [0.717, 1.165) is 19.5 Å². The normalized spacial score (nSPS) is 18.0. The highest BCUT2D eigenvalue weighted by molar-refractivity contribution is 5.97. The van der Waals surface area contributed by atoms with Gasteiger partial charge in [-0.2, -0.15) is 0 Å². The molecule has 0 radical (unpaired) electrons. The van der Waals surface area contributed by atoms with Gasteiger partial charge in [0.15, 0.2) is 0 Å². The monoisotopic (exact) mass is 331 g/mol. The average molecular weight is 331 g/mol. The molecule has 2 amide bonds. The molecular formula is C19H29N3O2. The minimum absolute atomic E-state index is 0.0451. The van der Waals surface area contributed by atoms with Crippen molar-refractivity contribution >= 4 is 11.8 Å². The Bertz CT molecular complexity index is 555. The van der Waals surface area contributed by atoms with Crippen molar-refractivity contribution in [2.24, 2.45) is 11.3 Å². The molecule has 1 unspecified atom stereocenters.